The van der Waals surface area contributed by atoms with Crippen LogP contribution in [0.5, 0.6) is 0 Å². The van der Waals surface area contributed by atoms with Crippen molar-refractivity contribution in [1.82, 2.24) is 0 Å². The van der Waals surface area contributed by atoms with Gasteiger partial charge in [-0.3, -0.25) is 14.4 Å². The first-order chi connectivity index (χ1) is 38.0. The van der Waals surface area contributed by atoms with Crippen molar-refractivity contribution >= 4 is 17.9 Å². The number of rotatable bonds is 47. The van der Waals surface area contributed by atoms with Crippen molar-refractivity contribution in [2.45, 2.75) is 361 Å². The molecular formula is C69H137N3O6. The summed E-state index contributed by atoms with van der Waals surface area (Å²) in [6.45, 7) is 9.58. The third-order valence-corrected chi connectivity index (χ3v) is 18.4. The summed E-state index contributed by atoms with van der Waals surface area (Å²) in [5, 5.41) is 24.7. The number of carboxylic acids is 3. The molecule has 3 aliphatic rings. The van der Waals surface area contributed by atoms with Crippen LogP contribution in [0.25, 0.3) is 0 Å². The van der Waals surface area contributed by atoms with Crippen molar-refractivity contribution in [1.29, 1.82) is 0 Å². The quantitative estimate of drug-likeness (QED) is 0.0322. The number of carboxylic acid groups (broad SMARTS) is 3. The second-order valence-electron chi connectivity index (χ2n) is 25.6. The first-order valence-corrected chi connectivity index (χ1v) is 34.8. The summed E-state index contributed by atoms with van der Waals surface area (Å²) < 4.78 is 0. The number of aliphatic carboxylic acids is 3. The maximum atomic E-state index is 10.2. The number of nitrogens with two attached hydrogens (primary N) is 3. The van der Waals surface area contributed by atoms with E-state index >= 15 is 0 Å². The van der Waals surface area contributed by atoms with E-state index in [9.17, 15) is 14.4 Å². The lowest BCUT2D eigenvalue weighted by Crippen LogP contribution is -2.20. The lowest BCUT2D eigenvalue weighted by molar-refractivity contribution is -0.152. The molecule has 0 spiro atoms. The molecule has 9 heteroatoms. The molecule has 0 radical (unpaired) electrons. The minimum atomic E-state index is -1.40. The molecule has 0 aromatic heterocycles. The van der Waals surface area contributed by atoms with Crippen molar-refractivity contribution < 1.29 is 29.7 Å². The summed E-state index contributed by atoms with van der Waals surface area (Å²) >= 11 is 0. The molecule has 3 saturated carbocycles. The van der Waals surface area contributed by atoms with Gasteiger partial charge in [0, 0.05) is 0 Å². The number of unbranched alkanes of at least 4 members (excludes halogenated alkanes) is 27. The van der Waals surface area contributed by atoms with Gasteiger partial charge < -0.3 is 32.5 Å². The van der Waals surface area contributed by atoms with Crippen LogP contribution in [0.1, 0.15) is 361 Å². The van der Waals surface area contributed by atoms with Gasteiger partial charge >= 0.3 is 17.9 Å². The van der Waals surface area contributed by atoms with E-state index in [0.717, 1.165) is 55.1 Å². The van der Waals surface area contributed by atoms with E-state index in [-0.39, 0.29) is 0 Å². The highest BCUT2D eigenvalue weighted by Crippen LogP contribution is 2.37. The van der Waals surface area contributed by atoms with Crippen LogP contribution in [-0.2, 0) is 14.4 Å². The van der Waals surface area contributed by atoms with E-state index in [0.29, 0.717) is 0 Å². The van der Waals surface area contributed by atoms with Gasteiger partial charge in [0.2, 0.25) is 0 Å². The van der Waals surface area contributed by atoms with Crippen LogP contribution in [-0.4, -0.2) is 52.9 Å². The number of hydrogen-bond donors (Lipinski definition) is 6. The van der Waals surface area contributed by atoms with E-state index in [4.69, 9.17) is 32.5 Å². The van der Waals surface area contributed by atoms with Gasteiger partial charge in [0.25, 0.3) is 0 Å². The lowest BCUT2D eigenvalue weighted by Gasteiger charge is -2.28. The van der Waals surface area contributed by atoms with Crippen LogP contribution in [0, 0.1) is 41.4 Å². The topological polar surface area (TPSA) is 190 Å². The first kappa shape index (κ1) is 76.3. The van der Waals surface area contributed by atoms with Crippen molar-refractivity contribution in [3.63, 3.8) is 0 Å². The van der Waals surface area contributed by atoms with Gasteiger partial charge in [-0.05, 0) is 74.4 Å². The molecule has 0 aliphatic heterocycles. The zero-order chi connectivity index (χ0) is 57.4. The maximum absolute atomic E-state index is 10.2. The lowest BCUT2D eigenvalue weighted by atomic mass is 9.78. The van der Waals surface area contributed by atoms with Gasteiger partial charge in [0.05, 0.1) is 18.8 Å². The van der Waals surface area contributed by atoms with Crippen molar-refractivity contribution in [2.24, 2.45) is 58.6 Å². The van der Waals surface area contributed by atoms with Gasteiger partial charge in [0.15, 0.2) is 0 Å². The summed E-state index contributed by atoms with van der Waals surface area (Å²) in [7, 11) is 0. The maximum Gasteiger partial charge on any atom is 0.307 e. The Morgan fingerprint density at radius 1 is 0.295 bits per heavy atom. The molecule has 0 saturated heterocycles. The monoisotopic (exact) mass is 1100 g/mol. The standard InChI is InChI=1S/3C21H43N.C6H8O6/c3*1-2-3-10-13-20-15-17-21(18-16-20)14-11-8-6-4-5-7-9-12-19-22;7-4(8)1-3(6(11)12)2-5(9)10/h3*20-21H,2-19,22H2,1H3;3H,1-2H2,(H,7,8)(H,9,10)(H,11,12). The predicted octanol–water partition coefficient (Wildman–Crippen LogP) is 20.2. The molecule has 464 valence electrons. The van der Waals surface area contributed by atoms with E-state index < -0.39 is 36.7 Å². The Balaban J connectivity index is 0.00000104. The summed E-state index contributed by atoms with van der Waals surface area (Å²) in [6.07, 6.45) is 73.1. The Bertz CT molecular complexity index is 1130. The smallest absolute Gasteiger partial charge is 0.307 e. The fourth-order valence-electron chi connectivity index (χ4n) is 13.1. The summed E-state index contributed by atoms with van der Waals surface area (Å²) in [4.78, 5) is 30.3. The van der Waals surface area contributed by atoms with E-state index in [1.54, 1.807) is 0 Å². The molecule has 0 atom stereocenters. The molecule has 78 heavy (non-hydrogen) atoms. The number of hydrogen-bond acceptors (Lipinski definition) is 6. The predicted molar refractivity (Wildman–Crippen MR) is 336 cm³/mol. The van der Waals surface area contributed by atoms with E-state index in [2.05, 4.69) is 20.8 Å². The number of carbonyl (C=O) groups is 3. The van der Waals surface area contributed by atoms with Gasteiger partial charge in [-0.15, -0.1) is 0 Å². The molecule has 9 N–H and O–H groups in total. The third kappa shape index (κ3) is 51.2. The molecule has 3 rings (SSSR count). The summed E-state index contributed by atoms with van der Waals surface area (Å²) in [5.41, 5.74) is 16.6. The highest BCUT2D eigenvalue weighted by molar-refractivity contribution is 5.82. The molecule has 0 aromatic rings. The van der Waals surface area contributed by atoms with Gasteiger partial charge in [0.1, 0.15) is 0 Å². The van der Waals surface area contributed by atoms with Crippen molar-refractivity contribution in [2.75, 3.05) is 19.6 Å². The molecule has 0 heterocycles. The highest BCUT2D eigenvalue weighted by atomic mass is 16.4. The summed E-state index contributed by atoms with van der Waals surface area (Å²) in [6, 6.07) is 0. The van der Waals surface area contributed by atoms with E-state index in [1.807, 2.05) is 0 Å². The van der Waals surface area contributed by atoms with Crippen molar-refractivity contribution in [3.05, 3.63) is 0 Å². The fourth-order valence-corrected chi connectivity index (χ4v) is 13.1. The molecule has 0 unspecified atom stereocenters. The molecular weight excluding hydrogens is 967 g/mol. The minimum absolute atomic E-state index is 0.665. The SMILES string of the molecule is CCCCCC1CCC(CCCCCCCCCCN)CC1.CCCCCC1CCC(CCCCCCCCCCN)CC1.CCCCCC1CCC(CCCCCCCCCCN)CC1.O=C(O)CC(CC(=O)O)C(=O)O. The molecule has 3 aliphatic carbocycles. The molecule has 0 amide bonds. The van der Waals surface area contributed by atoms with Crippen molar-refractivity contribution in [3.8, 4) is 0 Å². The normalized spacial score (nSPS) is 20.2. The van der Waals surface area contributed by atoms with Crippen LogP contribution >= 0.6 is 0 Å². The Kier molecular flexibility index (Phi) is 57.2. The van der Waals surface area contributed by atoms with Gasteiger partial charge in [-0.1, -0.05) is 329 Å². The van der Waals surface area contributed by atoms with E-state index in [1.165, 1.54) is 327 Å². The Morgan fingerprint density at radius 3 is 0.615 bits per heavy atom. The first-order valence-electron chi connectivity index (χ1n) is 34.8. The molecule has 9 nitrogen and oxygen atoms in total. The highest BCUT2D eigenvalue weighted by Gasteiger charge is 2.25. The Morgan fingerprint density at radius 2 is 0.462 bits per heavy atom. The van der Waals surface area contributed by atoms with Crippen LogP contribution in [0.3, 0.4) is 0 Å². The molecule has 0 bridgehead atoms. The Hall–Kier alpha value is -1.71. The fraction of sp³-hybridized carbons (Fsp3) is 0.957. The van der Waals surface area contributed by atoms with Crippen LogP contribution in [0.2, 0.25) is 0 Å². The minimum Gasteiger partial charge on any atom is -0.481 e. The zero-order valence-electron chi connectivity index (χ0n) is 52.4. The largest absolute Gasteiger partial charge is 0.481 e. The molecule has 0 aromatic carbocycles. The molecule has 3 fully saturated rings. The average molecular weight is 1100 g/mol. The van der Waals surface area contributed by atoms with Gasteiger partial charge in [-0.25, -0.2) is 0 Å². The second kappa shape index (κ2) is 58.5. The average Bonchev–Trinajstić information content (AvgIpc) is 3.43. The van der Waals surface area contributed by atoms with Gasteiger partial charge in [-0.2, -0.15) is 0 Å². The summed E-state index contributed by atoms with van der Waals surface area (Å²) in [5.74, 6) is 1.09. The third-order valence-electron chi connectivity index (χ3n) is 18.4. The second-order valence-corrected chi connectivity index (χ2v) is 25.6. The Labute approximate surface area is 484 Å². The zero-order valence-corrected chi connectivity index (χ0v) is 52.4. The van der Waals surface area contributed by atoms with Crippen LogP contribution < -0.4 is 17.2 Å². The van der Waals surface area contributed by atoms with Crippen LogP contribution in [0.4, 0.5) is 0 Å². The van der Waals surface area contributed by atoms with Crippen LogP contribution in [0.15, 0.2) is 0 Å².